The standard InChI is InChI=1S/C23H27N3OS2/c1-25(14-17-9-11-19(28-2)12-10-17)22(27)16-26-13-5-6-18(15-26)23-24-20-7-3-4-8-21(20)29-23/h3-4,7-12,18H,5-6,13-16H2,1-2H3/p+1/t18-/m1/s1. The Morgan fingerprint density at radius 3 is 2.79 bits per heavy atom. The Labute approximate surface area is 180 Å². The van der Waals surface area contributed by atoms with Gasteiger partial charge in [-0.1, -0.05) is 24.3 Å². The molecule has 2 atom stereocenters. The number of rotatable bonds is 6. The number of piperidine rings is 1. The minimum atomic E-state index is 0.221. The van der Waals surface area contributed by atoms with E-state index >= 15 is 0 Å². The third-order valence-electron chi connectivity index (χ3n) is 5.68. The van der Waals surface area contributed by atoms with Crippen molar-refractivity contribution in [1.82, 2.24) is 9.88 Å². The van der Waals surface area contributed by atoms with Crippen LogP contribution in [0.5, 0.6) is 0 Å². The van der Waals surface area contributed by atoms with E-state index < -0.39 is 0 Å². The molecule has 4 nitrogen and oxygen atoms in total. The first-order valence-corrected chi connectivity index (χ1v) is 12.2. The van der Waals surface area contributed by atoms with Gasteiger partial charge in [-0.2, -0.15) is 0 Å². The quantitative estimate of drug-likeness (QED) is 0.614. The fraction of sp³-hybridized carbons (Fsp3) is 0.391. The molecule has 0 saturated carbocycles. The number of benzene rings is 2. The van der Waals surface area contributed by atoms with E-state index in [-0.39, 0.29) is 5.91 Å². The number of nitrogens with one attached hydrogen (secondary N) is 1. The Morgan fingerprint density at radius 2 is 2.03 bits per heavy atom. The lowest BCUT2D eigenvalue weighted by atomic mass is 9.98. The third kappa shape index (κ3) is 5.00. The second kappa shape index (κ2) is 9.28. The van der Waals surface area contributed by atoms with Gasteiger partial charge in [0, 0.05) is 18.5 Å². The lowest BCUT2D eigenvalue weighted by molar-refractivity contribution is -0.898. The van der Waals surface area contributed by atoms with Gasteiger partial charge in [0.15, 0.2) is 6.54 Å². The maximum Gasteiger partial charge on any atom is 0.277 e. The summed E-state index contributed by atoms with van der Waals surface area (Å²) in [6.45, 7) is 3.31. The Hall–Kier alpha value is -1.89. The Kier molecular flexibility index (Phi) is 6.53. The molecular weight excluding hydrogens is 398 g/mol. The van der Waals surface area contributed by atoms with Gasteiger partial charge in [-0.05, 0) is 48.9 Å². The van der Waals surface area contributed by atoms with Crippen molar-refractivity contribution in [2.75, 3.05) is 32.9 Å². The number of carbonyl (C=O) groups excluding carboxylic acids is 1. The molecule has 2 heterocycles. The van der Waals surface area contributed by atoms with Gasteiger partial charge >= 0.3 is 0 Å². The second-order valence-electron chi connectivity index (χ2n) is 7.84. The van der Waals surface area contributed by atoms with Crippen LogP contribution in [0.15, 0.2) is 53.4 Å². The highest BCUT2D eigenvalue weighted by atomic mass is 32.2. The van der Waals surface area contributed by atoms with E-state index in [2.05, 4.69) is 48.7 Å². The molecule has 1 aliphatic rings. The first kappa shape index (κ1) is 20.4. The summed E-state index contributed by atoms with van der Waals surface area (Å²) >= 11 is 3.55. The van der Waals surface area contributed by atoms with Crippen LogP contribution in [0.4, 0.5) is 0 Å². The number of fused-ring (bicyclic) bond motifs is 1. The van der Waals surface area contributed by atoms with E-state index in [1.807, 2.05) is 29.4 Å². The van der Waals surface area contributed by atoms with E-state index in [4.69, 9.17) is 4.98 Å². The molecular formula is C23H28N3OS2+. The molecule has 1 unspecified atom stereocenters. The number of thiazole rings is 1. The smallest absolute Gasteiger partial charge is 0.277 e. The van der Waals surface area contributed by atoms with Crippen LogP contribution in [0.25, 0.3) is 10.2 Å². The maximum atomic E-state index is 12.8. The summed E-state index contributed by atoms with van der Waals surface area (Å²) < 4.78 is 1.26. The van der Waals surface area contributed by atoms with Gasteiger partial charge in [0.2, 0.25) is 0 Å². The molecule has 0 spiro atoms. The van der Waals surface area contributed by atoms with E-state index in [0.29, 0.717) is 19.0 Å². The molecule has 29 heavy (non-hydrogen) atoms. The summed E-state index contributed by atoms with van der Waals surface area (Å²) in [6.07, 6.45) is 4.41. The van der Waals surface area contributed by atoms with Crippen molar-refractivity contribution in [1.29, 1.82) is 0 Å². The molecule has 0 radical (unpaired) electrons. The summed E-state index contributed by atoms with van der Waals surface area (Å²) in [5.74, 6) is 0.687. The second-order valence-corrected chi connectivity index (χ2v) is 9.78. The van der Waals surface area contributed by atoms with Gasteiger partial charge in [0.1, 0.15) is 5.01 Å². The minimum Gasteiger partial charge on any atom is -0.337 e. The zero-order valence-electron chi connectivity index (χ0n) is 17.1. The third-order valence-corrected chi connectivity index (χ3v) is 7.63. The number of hydrogen-bond acceptors (Lipinski definition) is 4. The van der Waals surface area contributed by atoms with E-state index in [1.165, 1.54) is 31.5 Å². The summed E-state index contributed by atoms with van der Waals surface area (Å²) in [5, 5.41) is 1.23. The summed E-state index contributed by atoms with van der Waals surface area (Å²) in [7, 11) is 1.92. The number of aromatic nitrogens is 1. The predicted octanol–water partition coefficient (Wildman–Crippen LogP) is 3.44. The number of likely N-dealkylation sites (tertiary alicyclic amines) is 1. The van der Waals surface area contributed by atoms with Crippen molar-refractivity contribution < 1.29 is 9.69 Å². The van der Waals surface area contributed by atoms with Gasteiger partial charge in [-0.3, -0.25) is 4.79 Å². The SMILES string of the molecule is CSc1ccc(CN(C)C(=O)C[NH+]2CCC[C@@H](c3nc4ccccc4s3)C2)cc1. The highest BCUT2D eigenvalue weighted by Crippen LogP contribution is 2.30. The molecule has 4 rings (SSSR count). The normalized spacial score (nSPS) is 19.4. The highest BCUT2D eigenvalue weighted by Gasteiger charge is 2.29. The number of amides is 1. The van der Waals surface area contributed by atoms with Gasteiger partial charge in [-0.15, -0.1) is 23.1 Å². The number of para-hydroxylation sites is 1. The van der Waals surface area contributed by atoms with Crippen LogP contribution in [-0.2, 0) is 11.3 Å². The van der Waals surface area contributed by atoms with Crippen molar-refractivity contribution in [3.63, 3.8) is 0 Å². The van der Waals surface area contributed by atoms with Crippen LogP contribution in [0, 0.1) is 0 Å². The molecule has 1 amide bonds. The highest BCUT2D eigenvalue weighted by molar-refractivity contribution is 7.98. The van der Waals surface area contributed by atoms with E-state index in [0.717, 1.165) is 25.0 Å². The minimum absolute atomic E-state index is 0.221. The van der Waals surface area contributed by atoms with Gasteiger partial charge in [-0.25, -0.2) is 4.98 Å². The fourth-order valence-electron chi connectivity index (χ4n) is 4.03. The van der Waals surface area contributed by atoms with Crippen molar-refractivity contribution in [2.24, 2.45) is 0 Å². The topological polar surface area (TPSA) is 37.6 Å². The lowest BCUT2D eigenvalue weighted by Crippen LogP contribution is -3.14. The predicted molar refractivity (Wildman–Crippen MR) is 122 cm³/mol. The summed E-state index contributed by atoms with van der Waals surface area (Å²) in [4.78, 5) is 22.2. The summed E-state index contributed by atoms with van der Waals surface area (Å²) in [6, 6.07) is 16.8. The van der Waals surface area contributed by atoms with E-state index in [9.17, 15) is 4.79 Å². The average molecular weight is 427 g/mol. The Bertz CT molecular complexity index is 937. The number of quaternary nitrogens is 1. The Balaban J connectivity index is 1.34. The number of likely N-dealkylation sites (N-methyl/N-ethyl adjacent to an activating group) is 1. The Morgan fingerprint density at radius 1 is 1.24 bits per heavy atom. The van der Waals surface area contributed by atoms with Crippen LogP contribution in [0.3, 0.4) is 0 Å². The zero-order valence-corrected chi connectivity index (χ0v) is 18.7. The average Bonchev–Trinajstić information content (AvgIpc) is 3.19. The number of thioether (sulfide) groups is 1. The van der Waals surface area contributed by atoms with Crippen molar-refractivity contribution >= 4 is 39.2 Å². The molecule has 2 aromatic carbocycles. The van der Waals surface area contributed by atoms with Crippen LogP contribution in [0.1, 0.15) is 29.3 Å². The number of hydrogen-bond donors (Lipinski definition) is 1. The van der Waals surface area contributed by atoms with E-state index in [1.54, 1.807) is 11.8 Å². The zero-order chi connectivity index (χ0) is 20.2. The molecule has 1 saturated heterocycles. The van der Waals surface area contributed by atoms with Crippen LogP contribution < -0.4 is 4.90 Å². The van der Waals surface area contributed by atoms with Crippen molar-refractivity contribution in [3.8, 4) is 0 Å². The van der Waals surface area contributed by atoms with Gasteiger partial charge in [0.25, 0.3) is 5.91 Å². The molecule has 1 aromatic heterocycles. The fourth-order valence-corrected chi connectivity index (χ4v) is 5.54. The number of nitrogens with zero attached hydrogens (tertiary/aromatic N) is 2. The molecule has 152 valence electrons. The monoisotopic (exact) mass is 426 g/mol. The van der Waals surface area contributed by atoms with Crippen LogP contribution >= 0.6 is 23.1 Å². The molecule has 1 N–H and O–H groups in total. The summed E-state index contributed by atoms with van der Waals surface area (Å²) in [5.41, 5.74) is 2.28. The molecule has 6 heteroatoms. The first-order valence-electron chi connectivity index (χ1n) is 10.2. The van der Waals surface area contributed by atoms with Gasteiger partial charge < -0.3 is 9.80 Å². The number of carbonyl (C=O) groups is 1. The first-order chi connectivity index (χ1) is 14.1. The van der Waals surface area contributed by atoms with Gasteiger partial charge in [0.05, 0.1) is 29.2 Å². The van der Waals surface area contributed by atoms with Crippen LogP contribution in [0.2, 0.25) is 0 Å². The van der Waals surface area contributed by atoms with Crippen LogP contribution in [-0.4, -0.2) is 48.7 Å². The molecule has 0 aliphatic carbocycles. The molecule has 1 fully saturated rings. The lowest BCUT2D eigenvalue weighted by Gasteiger charge is -2.29. The maximum absolute atomic E-state index is 12.8. The molecule has 1 aliphatic heterocycles. The van der Waals surface area contributed by atoms with Crippen molar-refractivity contribution in [3.05, 3.63) is 59.1 Å². The molecule has 0 bridgehead atoms. The largest absolute Gasteiger partial charge is 0.337 e. The molecule has 3 aromatic rings. The van der Waals surface area contributed by atoms with Crippen molar-refractivity contribution in [2.45, 2.75) is 30.2 Å².